The second-order valence-corrected chi connectivity index (χ2v) is 7.48. The maximum absolute atomic E-state index is 12.5. The summed E-state index contributed by atoms with van der Waals surface area (Å²) in [5.41, 5.74) is 2.32. The molecule has 0 aromatic heterocycles. The molecule has 0 bridgehead atoms. The number of aryl methyl sites for hydroxylation is 1. The van der Waals surface area contributed by atoms with E-state index in [9.17, 15) is 9.59 Å². The van der Waals surface area contributed by atoms with E-state index >= 15 is 0 Å². The van der Waals surface area contributed by atoms with Gasteiger partial charge in [-0.1, -0.05) is 25.0 Å². The molecule has 1 aliphatic heterocycles. The molecule has 0 N–H and O–H groups in total. The predicted molar refractivity (Wildman–Crippen MR) is 101 cm³/mol. The van der Waals surface area contributed by atoms with Crippen molar-refractivity contribution in [1.82, 2.24) is 9.80 Å². The van der Waals surface area contributed by atoms with E-state index in [1.54, 1.807) is 0 Å². The van der Waals surface area contributed by atoms with E-state index in [4.69, 9.17) is 4.74 Å². The van der Waals surface area contributed by atoms with Gasteiger partial charge in [0.15, 0.2) is 0 Å². The van der Waals surface area contributed by atoms with Crippen molar-refractivity contribution in [2.24, 2.45) is 5.92 Å². The molecule has 1 aliphatic carbocycles. The van der Waals surface area contributed by atoms with Crippen LogP contribution >= 0.6 is 0 Å². The van der Waals surface area contributed by atoms with Gasteiger partial charge in [-0.3, -0.25) is 9.59 Å². The highest BCUT2D eigenvalue weighted by Gasteiger charge is 2.30. The quantitative estimate of drug-likeness (QED) is 0.813. The fraction of sp³-hybridized carbons (Fsp3) is 0.619. The number of amides is 2. The molecule has 0 radical (unpaired) electrons. The lowest BCUT2D eigenvalue weighted by Crippen LogP contribution is -2.51. The van der Waals surface area contributed by atoms with Crippen LogP contribution in [0.4, 0.5) is 0 Å². The average Bonchev–Trinajstić information content (AvgIpc) is 3.19. The number of rotatable bonds is 5. The summed E-state index contributed by atoms with van der Waals surface area (Å²) >= 11 is 0. The molecule has 2 amide bonds. The third kappa shape index (κ3) is 4.37. The Hall–Kier alpha value is -2.04. The molecule has 1 saturated carbocycles. The molecule has 0 spiro atoms. The number of ether oxygens (including phenoxy) is 1. The standard InChI is InChI=1S/C21H30N2O3/c1-16-6-5-9-19(17(16)2)26-15-10-20(24)22-11-13-23(14-12-22)21(25)18-7-3-4-8-18/h5-6,9,18H,3-4,7-8,10-15H2,1-2H3. The molecule has 1 saturated heterocycles. The van der Waals surface area contributed by atoms with E-state index in [1.807, 2.05) is 28.9 Å². The van der Waals surface area contributed by atoms with Crippen LogP contribution in [0.5, 0.6) is 5.75 Å². The van der Waals surface area contributed by atoms with E-state index in [0.29, 0.717) is 45.1 Å². The van der Waals surface area contributed by atoms with Crippen LogP contribution in [-0.4, -0.2) is 54.4 Å². The Morgan fingerprint density at radius 3 is 2.38 bits per heavy atom. The van der Waals surface area contributed by atoms with Crippen LogP contribution in [0.1, 0.15) is 43.2 Å². The summed E-state index contributed by atoms with van der Waals surface area (Å²) in [4.78, 5) is 28.7. The summed E-state index contributed by atoms with van der Waals surface area (Å²) in [6.45, 7) is 7.09. The van der Waals surface area contributed by atoms with Crippen molar-refractivity contribution in [3.63, 3.8) is 0 Å². The van der Waals surface area contributed by atoms with Gasteiger partial charge < -0.3 is 14.5 Å². The molecular weight excluding hydrogens is 328 g/mol. The molecule has 0 unspecified atom stereocenters. The van der Waals surface area contributed by atoms with Gasteiger partial charge in [0.05, 0.1) is 13.0 Å². The van der Waals surface area contributed by atoms with Crippen LogP contribution in [0.15, 0.2) is 18.2 Å². The third-order valence-corrected chi connectivity index (χ3v) is 5.78. The van der Waals surface area contributed by atoms with Gasteiger partial charge in [0.1, 0.15) is 5.75 Å². The topological polar surface area (TPSA) is 49.9 Å². The Kier molecular flexibility index (Phi) is 6.17. The van der Waals surface area contributed by atoms with E-state index in [2.05, 4.69) is 13.0 Å². The molecule has 1 aromatic carbocycles. The lowest BCUT2D eigenvalue weighted by Gasteiger charge is -2.36. The van der Waals surface area contributed by atoms with Crippen LogP contribution in [0.25, 0.3) is 0 Å². The van der Waals surface area contributed by atoms with Gasteiger partial charge in [0.25, 0.3) is 0 Å². The molecule has 5 nitrogen and oxygen atoms in total. The molecule has 26 heavy (non-hydrogen) atoms. The molecule has 2 fully saturated rings. The van der Waals surface area contributed by atoms with Crippen molar-refractivity contribution in [2.45, 2.75) is 46.0 Å². The first-order valence-electron chi connectivity index (χ1n) is 9.82. The van der Waals surface area contributed by atoms with Gasteiger partial charge in [-0.15, -0.1) is 0 Å². The van der Waals surface area contributed by atoms with Crippen LogP contribution in [-0.2, 0) is 9.59 Å². The lowest BCUT2D eigenvalue weighted by atomic mass is 10.1. The van der Waals surface area contributed by atoms with Gasteiger partial charge in [0, 0.05) is 32.1 Å². The minimum Gasteiger partial charge on any atom is -0.493 e. The highest BCUT2D eigenvalue weighted by molar-refractivity contribution is 5.80. The lowest BCUT2D eigenvalue weighted by molar-refractivity contribution is -0.142. The predicted octanol–water partition coefficient (Wildman–Crippen LogP) is 2.93. The molecular formula is C21H30N2O3. The van der Waals surface area contributed by atoms with Crippen molar-refractivity contribution < 1.29 is 14.3 Å². The summed E-state index contributed by atoms with van der Waals surface area (Å²) in [5, 5.41) is 0. The fourth-order valence-electron chi connectivity index (χ4n) is 3.89. The molecule has 0 atom stereocenters. The monoisotopic (exact) mass is 358 g/mol. The zero-order valence-electron chi connectivity index (χ0n) is 16.0. The van der Waals surface area contributed by atoms with E-state index in [1.165, 1.54) is 18.4 Å². The maximum Gasteiger partial charge on any atom is 0.226 e. The zero-order valence-corrected chi connectivity index (χ0v) is 16.0. The Labute approximate surface area is 156 Å². The van der Waals surface area contributed by atoms with Gasteiger partial charge in [-0.25, -0.2) is 0 Å². The summed E-state index contributed by atoms with van der Waals surface area (Å²) in [5.74, 6) is 1.49. The van der Waals surface area contributed by atoms with Crippen molar-refractivity contribution in [1.29, 1.82) is 0 Å². The van der Waals surface area contributed by atoms with Gasteiger partial charge in [-0.2, -0.15) is 0 Å². The molecule has 2 aliphatic rings. The Morgan fingerprint density at radius 1 is 1.04 bits per heavy atom. The second-order valence-electron chi connectivity index (χ2n) is 7.48. The summed E-state index contributed by atoms with van der Waals surface area (Å²) in [7, 11) is 0. The van der Waals surface area contributed by atoms with Crippen molar-refractivity contribution >= 4 is 11.8 Å². The van der Waals surface area contributed by atoms with Crippen molar-refractivity contribution in [2.75, 3.05) is 32.8 Å². The fourth-order valence-corrected chi connectivity index (χ4v) is 3.89. The normalized spacial score (nSPS) is 18.2. The molecule has 1 heterocycles. The third-order valence-electron chi connectivity index (χ3n) is 5.78. The minimum atomic E-state index is 0.114. The second kappa shape index (κ2) is 8.56. The number of hydrogen-bond acceptors (Lipinski definition) is 3. The Morgan fingerprint density at radius 2 is 1.69 bits per heavy atom. The minimum absolute atomic E-state index is 0.114. The molecule has 142 valence electrons. The van der Waals surface area contributed by atoms with Crippen LogP contribution in [0.2, 0.25) is 0 Å². The number of benzene rings is 1. The number of piperazine rings is 1. The number of carbonyl (C=O) groups is 2. The average molecular weight is 358 g/mol. The zero-order chi connectivity index (χ0) is 18.5. The number of carbonyl (C=O) groups excluding carboxylic acids is 2. The summed E-state index contributed by atoms with van der Waals surface area (Å²) in [6, 6.07) is 5.97. The number of hydrogen-bond donors (Lipinski definition) is 0. The van der Waals surface area contributed by atoms with E-state index in [-0.39, 0.29) is 11.8 Å². The van der Waals surface area contributed by atoms with Crippen molar-refractivity contribution in [3.05, 3.63) is 29.3 Å². The number of nitrogens with zero attached hydrogens (tertiary/aromatic N) is 2. The smallest absolute Gasteiger partial charge is 0.226 e. The molecule has 3 rings (SSSR count). The van der Waals surface area contributed by atoms with Crippen molar-refractivity contribution in [3.8, 4) is 5.75 Å². The van der Waals surface area contributed by atoms with Crippen LogP contribution in [0, 0.1) is 19.8 Å². The largest absolute Gasteiger partial charge is 0.493 e. The van der Waals surface area contributed by atoms with E-state index in [0.717, 1.165) is 24.2 Å². The molecule has 1 aromatic rings. The maximum atomic E-state index is 12.5. The summed E-state index contributed by atoms with van der Waals surface area (Å²) < 4.78 is 5.79. The first-order valence-corrected chi connectivity index (χ1v) is 9.82. The van der Waals surface area contributed by atoms with Crippen LogP contribution < -0.4 is 4.74 Å². The first-order chi connectivity index (χ1) is 12.6. The van der Waals surface area contributed by atoms with E-state index < -0.39 is 0 Å². The SMILES string of the molecule is Cc1cccc(OCCC(=O)N2CCN(C(=O)C3CCCC3)CC2)c1C. The Bertz CT molecular complexity index is 645. The molecule has 5 heteroatoms. The van der Waals surface area contributed by atoms with Gasteiger partial charge in [0.2, 0.25) is 11.8 Å². The van der Waals surface area contributed by atoms with Gasteiger partial charge in [-0.05, 0) is 43.9 Å². The highest BCUT2D eigenvalue weighted by Crippen LogP contribution is 2.27. The summed E-state index contributed by atoms with van der Waals surface area (Å²) in [6.07, 6.45) is 4.80. The van der Waals surface area contributed by atoms with Gasteiger partial charge >= 0.3 is 0 Å². The van der Waals surface area contributed by atoms with Crippen LogP contribution in [0.3, 0.4) is 0 Å². The Balaban J connectivity index is 1.41. The first kappa shape index (κ1) is 18.7. The highest BCUT2D eigenvalue weighted by atomic mass is 16.5.